The van der Waals surface area contributed by atoms with Gasteiger partial charge in [0.25, 0.3) is 0 Å². The Balaban J connectivity index is 1.83. The van der Waals surface area contributed by atoms with Crippen LogP contribution in [0.3, 0.4) is 0 Å². The van der Waals surface area contributed by atoms with E-state index in [0.717, 1.165) is 50.3 Å². The van der Waals surface area contributed by atoms with Crippen LogP contribution in [0.2, 0.25) is 0 Å². The van der Waals surface area contributed by atoms with Crippen LogP contribution in [0.4, 0.5) is 5.13 Å². The first kappa shape index (κ1) is 14.8. The smallest absolute Gasteiger partial charge is 0.185 e. The van der Waals surface area contributed by atoms with E-state index in [1.807, 2.05) is 0 Å². The minimum Gasteiger partial charge on any atom is -0.383 e. The average molecular weight is 283 g/mol. The fourth-order valence-electron chi connectivity index (χ4n) is 2.35. The quantitative estimate of drug-likeness (QED) is 0.813. The minimum atomic E-state index is 0.749. The van der Waals surface area contributed by atoms with Crippen molar-refractivity contribution in [2.45, 2.75) is 26.8 Å². The number of rotatable bonds is 6. The number of nitrogens with one attached hydrogen (secondary N) is 1. The van der Waals surface area contributed by atoms with Crippen LogP contribution >= 0.6 is 11.3 Å². The molecular formula is C14H25N3OS. The molecule has 1 aromatic heterocycles. The third-order valence-corrected chi connectivity index (χ3v) is 4.88. The number of ether oxygens (including phenoxy) is 1. The molecule has 0 aromatic carbocycles. The monoisotopic (exact) mass is 283 g/mol. The number of aromatic nitrogens is 1. The molecule has 2 unspecified atom stereocenters. The molecule has 2 atom stereocenters. The van der Waals surface area contributed by atoms with Crippen LogP contribution in [0, 0.1) is 11.8 Å². The largest absolute Gasteiger partial charge is 0.383 e. The molecule has 108 valence electrons. The second kappa shape index (κ2) is 7.22. The zero-order valence-corrected chi connectivity index (χ0v) is 13.0. The lowest BCUT2D eigenvalue weighted by molar-refractivity contribution is 0.199. The van der Waals surface area contributed by atoms with Gasteiger partial charge in [0, 0.05) is 38.7 Å². The summed E-state index contributed by atoms with van der Waals surface area (Å²) in [6.07, 6.45) is 1.28. The summed E-state index contributed by atoms with van der Waals surface area (Å²) in [5.74, 6) is 1.60. The van der Waals surface area contributed by atoms with E-state index in [1.165, 1.54) is 11.6 Å². The van der Waals surface area contributed by atoms with E-state index in [-0.39, 0.29) is 0 Å². The van der Waals surface area contributed by atoms with Gasteiger partial charge in [-0.25, -0.2) is 4.98 Å². The Morgan fingerprint density at radius 3 is 3.05 bits per heavy atom. The van der Waals surface area contributed by atoms with Gasteiger partial charge in [0.1, 0.15) is 0 Å². The zero-order valence-electron chi connectivity index (χ0n) is 12.2. The molecule has 4 nitrogen and oxygen atoms in total. The normalized spacial score (nSPS) is 23.8. The van der Waals surface area contributed by atoms with Crippen molar-refractivity contribution in [1.29, 1.82) is 0 Å². The molecule has 1 aliphatic rings. The number of nitrogens with zero attached hydrogens (tertiary/aromatic N) is 2. The summed E-state index contributed by atoms with van der Waals surface area (Å²) in [5, 5.41) is 6.68. The van der Waals surface area contributed by atoms with Gasteiger partial charge in [-0.3, -0.25) is 0 Å². The van der Waals surface area contributed by atoms with Crippen molar-refractivity contribution in [1.82, 2.24) is 10.3 Å². The Bertz CT molecular complexity index is 383. The molecule has 0 bridgehead atoms. The minimum absolute atomic E-state index is 0.749. The van der Waals surface area contributed by atoms with Crippen LogP contribution in [0.25, 0.3) is 0 Å². The van der Waals surface area contributed by atoms with Gasteiger partial charge in [-0.2, -0.15) is 0 Å². The Hall–Kier alpha value is -0.650. The number of hydrogen-bond acceptors (Lipinski definition) is 5. The molecule has 1 fully saturated rings. The first-order valence-corrected chi connectivity index (χ1v) is 7.97. The van der Waals surface area contributed by atoms with Crippen molar-refractivity contribution < 1.29 is 4.74 Å². The van der Waals surface area contributed by atoms with Crippen LogP contribution in [0.1, 0.15) is 26.0 Å². The van der Waals surface area contributed by atoms with Gasteiger partial charge >= 0.3 is 0 Å². The van der Waals surface area contributed by atoms with E-state index in [2.05, 4.69) is 29.4 Å². The van der Waals surface area contributed by atoms with E-state index < -0.39 is 0 Å². The molecule has 0 amide bonds. The van der Waals surface area contributed by atoms with Gasteiger partial charge in [-0.1, -0.05) is 13.8 Å². The number of piperidine rings is 1. The van der Waals surface area contributed by atoms with E-state index in [9.17, 15) is 0 Å². The van der Waals surface area contributed by atoms with Gasteiger partial charge in [0.2, 0.25) is 0 Å². The Labute approximate surface area is 120 Å². The maximum absolute atomic E-state index is 5.01. The van der Waals surface area contributed by atoms with E-state index in [0.29, 0.717) is 0 Å². The standard InChI is InChI=1S/C14H25N3OS/c1-11-4-6-17(9-12(11)2)14-16-13(10-19-14)8-15-5-7-18-3/h10-12,15H,4-9H2,1-3H3. The molecule has 5 heteroatoms. The highest BCUT2D eigenvalue weighted by molar-refractivity contribution is 7.13. The molecule has 1 aliphatic heterocycles. The van der Waals surface area contributed by atoms with Crippen molar-refractivity contribution in [3.05, 3.63) is 11.1 Å². The van der Waals surface area contributed by atoms with Gasteiger partial charge < -0.3 is 15.0 Å². The summed E-state index contributed by atoms with van der Waals surface area (Å²) in [4.78, 5) is 7.17. The molecule has 0 radical (unpaired) electrons. The van der Waals surface area contributed by atoms with Crippen molar-refractivity contribution in [3.63, 3.8) is 0 Å². The predicted molar refractivity (Wildman–Crippen MR) is 80.9 cm³/mol. The fourth-order valence-corrected chi connectivity index (χ4v) is 3.21. The van der Waals surface area contributed by atoms with Crippen LogP contribution in [0.5, 0.6) is 0 Å². The number of hydrogen-bond donors (Lipinski definition) is 1. The topological polar surface area (TPSA) is 37.4 Å². The maximum atomic E-state index is 5.01. The molecule has 0 saturated carbocycles. The summed E-state index contributed by atoms with van der Waals surface area (Å²) in [7, 11) is 1.72. The van der Waals surface area contributed by atoms with Crippen LogP contribution in [0.15, 0.2) is 5.38 Å². The van der Waals surface area contributed by atoms with Crippen LogP contribution in [-0.4, -0.2) is 38.3 Å². The molecule has 1 aromatic rings. The molecule has 0 aliphatic carbocycles. The molecular weight excluding hydrogens is 258 g/mol. The van der Waals surface area contributed by atoms with Gasteiger partial charge in [-0.05, 0) is 18.3 Å². The van der Waals surface area contributed by atoms with Crippen molar-refractivity contribution in [2.24, 2.45) is 11.8 Å². The first-order valence-electron chi connectivity index (χ1n) is 7.09. The van der Waals surface area contributed by atoms with Crippen LogP contribution in [-0.2, 0) is 11.3 Å². The highest BCUT2D eigenvalue weighted by atomic mass is 32.1. The van der Waals surface area contributed by atoms with E-state index in [1.54, 1.807) is 18.4 Å². The summed E-state index contributed by atoms with van der Waals surface area (Å²) >= 11 is 1.77. The van der Waals surface area contributed by atoms with Gasteiger partial charge in [0.05, 0.1) is 12.3 Å². The maximum Gasteiger partial charge on any atom is 0.185 e. The lowest BCUT2D eigenvalue weighted by Crippen LogP contribution is -2.38. The Morgan fingerprint density at radius 1 is 1.47 bits per heavy atom. The lowest BCUT2D eigenvalue weighted by Gasteiger charge is -2.35. The van der Waals surface area contributed by atoms with E-state index in [4.69, 9.17) is 9.72 Å². The predicted octanol–water partition coefficient (Wildman–Crippen LogP) is 2.36. The second-order valence-corrected chi connectivity index (χ2v) is 6.32. The highest BCUT2D eigenvalue weighted by Gasteiger charge is 2.24. The molecule has 2 heterocycles. The Morgan fingerprint density at radius 2 is 2.32 bits per heavy atom. The number of methoxy groups -OCH3 is 1. The zero-order chi connectivity index (χ0) is 13.7. The Kier molecular flexibility index (Phi) is 5.60. The van der Waals surface area contributed by atoms with Gasteiger partial charge in [-0.15, -0.1) is 11.3 Å². The van der Waals surface area contributed by atoms with Gasteiger partial charge in [0.15, 0.2) is 5.13 Å². The fraction of sp³-hybridized carbons (Fsp3) is 0.786. The number of thiazole rings is 1. The molecule has 19 heavy (non-hydrogen) atoms. The summed E-state index contributed by atoms with van der Waals surface area (Å²) in [6.45, 7) is 9.45. The van der Waals surface area contributed by atoms with Crippen LogP contribution < -0.4 is 10.2 Å². The molecule has 1 N–H and O–H groups in total. The molecule has 0 spiro atoms. The molecule has 2 rings (SSSR count). The highest BCUT2D eigenvalue weighted by Crippen LogP contribution is 2.28. The lowest BCUT2D eigenvalue weighted by atomic mass is 9.89. The molecule has 1 saturated heterocycles. The number of anilines is 1. The average Bonchev–Trinajstić information content (AvgIpc) is 2.87. The summed E-state index contributed by atoms with van der Waals surface area (Å²) < 4.78 is 5.01. The van der Waals surface area contributed by atoms with Crippen molar-refractivity contribution in [2.75, 3.05) is 38.3 Å². The third-order valence-electron chi connectivity index (χ3n) is 3.93. The van der Waals surface area contributed by atoms with Crippen molar-refractivity contribution >= 4 is 16.5 Å². The van der Waals surface area contributed by atoms with Crippen molar-refractivity contribution in [3.8, 4) is 0 Å². The van der Waals surface area contributed by atoms with E-state index >= 15 is 0 Å². The summed E-state index contributed by atoms with van der Waals surface area (Å²) in [6, 6.07) is 0. The first-order chi connectivity index (χ1) is 9.20. The third kappa shape index (κ3) is 4.16. The summed E-state index contributed by atoms with van der Waals surface area (Å²) in [5.41, 5.74) is 1.14. The SMILES string of the molecule is COCCNCc1csc(N2CCC(C)C(C)C2)n1. The second-order valence-electron chi connectivity index (χ2n) is 5.48.